The van der Waals surface area contributed by atoms with E-state index >= 15 is 0 Å². The van der Waals surface area contributed by atoms with Gasteiger partial charge >= 0.3 is 11.9 Å². The minimum absolute atomic E-state index is 0.0123. The van der Waals surface area contributed by atoms with E-state index in [1.54, 1.807) is 36.4 Å². The largest absolute Gasteiger partial charge is 0.508 e. The van der Waals surface area contributed by atoms with E-state index in [4.69, 9.17) is 10.8 Å². The summed E-state index contributed by atoms with van der Waals surface area (Å²) in [5.74, 6) is -5.84. The van der Waals surface area contributed by atoms with Gasteiger partial charge in [-0.15, -0.1) is 0 Å². The number of hydrogen-bond donors (Lipinski definition) is 8. The van der Waals surface area contributed by atoms with Crippen molar-refractivity contribution in [2.75, 3.05) is 18.6 Å². The molecule has 2 aromatic carbocycles. The number of carboxylic acids is 2. The number of phenols is 1. The molecule has 5 amide bonds. The third kappa shape index (κ3) is 14.2. The number of carbonyl (C=O) groups excluding carboxylic acids is 5. The number of phenolic OH excluding ortho intramolecular Hbond substituents is 1. The van der Waals surface area contributed by atoms with Gasteiger partial charge in [0.25, 0.3) is 0 Å². The van der Waals surface area contributed by atoms with Crippen LogP contribution in [0.4, 0.5) is 0 Å². The maximum atomic E-state index is 14.2. The zero-order chi connectivity index (χ0) is 40.7. The summed E-state index contributed by atoms with van der Waals surface area (Å²) in [4.78, 5) is 92.6. The van der Waals surface area contributed by atoms with Gasteiger partial charge in [0.1, 0.15) is 36.0 Å². The van der Waals surface area contributed by atoms with Gasteiger partial charge < -0.3 is 47.2 Å². The first kappa shape index (κ1) is 44.2. The molecule has 0 unspecified atom stereocenters. The Morgan fingerprint density at radius 3 is 1.91 bits per heavy atom. The fourth-order valence-electron chi connectivity index (χ4n) is 6.17. The third-order valence-electron chi connectivity index (χ3n) is 9.05. The predicted molar refractivity (Wildman–Crippen MR) is 205 cm³/mol. The summed E-state index contributed by atoms with van der Waals surface area (Å²) >= 11 is 1.53. The molecule has 0 aliphatic carbocycles. The Morgan fingerprint density at radius 1 is 0.800 bits per heavy atom. The molecule has 1 aliphatic rings. The molecule has 0 saturated carbocycles. The van der Waals surface area contributed by atoms with E-state index in [0.717, 1.165) is 5.56 Å². The Kier molecular flexibility index (Phi) is 17.4. The van der Waals surface area contributed by atoms with Crippen molar-refractivity contribution in [3.8, 4) is 5.75 Å². The second kappa shape index (κ2) is 21.7. The number of benzene rings is 2. The van der Waals surface area contributed by atoms with Crippen molar-refractivity contribution in [2.45, 2.75) is 95.0 Å². The van der Waals surface area contributed by atoms with Crippen molar-refractivity contribution in [3.05, 3.63) is 65.7 Å². The van der Waals surface area contributed by atoms with E-state index < -0.39 is 84.1 Å². The molecular weight excluding hydrogens is 733 g/mol. The van der Waals surface area contributed by atoms with Crippen LogP contribution in [-0.4, -0.2) is 116 Å². The van der Waals surface area contributed by atoms with Gasteiger partial charge in [0.2, 0.25) is 29.5 Å². The van der Waals surface area contributed by atoms with Gasteiger partial charge in [0.15, 0.2) is 0 Å². The molecule has 0 spiro atoms. The Hall–Kier alpha value is -5.16. The molecule has 16 nitrogen and oxygen atoms in total. The molecule has 0 radical (unpaired) electrons. The highest BCUT2D eigenvalue weighted by molar-refractivity contribution is 7.98. The first-order valence-electron chi connectivity index (χ1n) is 18.1. The highest BCUT2D eigenvalue weighted by atomic mass is 32.2. The van der Waals surface area contributed by atoms with Gasteiger partial charge in [-0.2, -0.15) is 11.8 Å². The molecule has 17 heteroatoms. The van der Waals surface area contributed by atoms with E-state index in [1.807, 2.05) is 26.2 Å². The average Bonchev–Trinajstić information content (AvgIpc) is 3.63. The molecule has 1 aliphatic heterocycles. The van der Waals surface area contributed by atoms with Crippen molar-refractivity contribution >= 4 is 53.2 Å². The van der Waals surface area contributed by atoms with Gasteiger partial charge in [-0.1, -0.05) is 56.3 Å². The van der Waals surface area contributed by atoms with Crippen LogP contribution in [-0.2, 0) is 46.4 Å². The Morgan fingerprint density at radius 2 is 1.36 bits per heavy atom. The highest BCUT2D eigenvalue weighted by Crippen LogP contribution is 2.21. The van der Waals surface area contributed by atoms with E-state index in [9.17, 15) is 43.8 Å². The lowest BCUT2D eigenvalue weighted by Crippen LogP contribution is -2.60. The number of aliphatic carboxylic acids is 2. The number of hydrogen-bond acceptors (Lipinski definition) is 10. The van der Waals surface area contributed by atoms with Crippen LogP contribution in [0.15, 0.2) is 54.6 Å². The Bertz CT molecular complexity index is 1640. The normalized spacial score (nSPS) is 16.6. The molecule has 9 N–H and O–H groups in total. The van der Waals surface area contributed by atoms with Gasteiger partial charge in [0, 0.05) is 19.4 Å². The van der Waals surface area contributed by atoms with Crippen molar-refractivity contribution in [1.29, 1.82) is 0 Å². The van der Waals surface area contributed by atoms with E-state index in [2.05, 4.69) is 21.3 Å². The standard InChI is InChI=1S/C38H52N6O10S/c1-22(2)18-29(37(52)44-16-7-10-31(44)36(51)43-30(38(53)54)21-32(46)47)42-35(50)28(20-24-11-13-25(45)14-12-24)41-34(49)27(19-23-8-5-4-6-9-23)40-33(48)26(39)15-17-55-3/h4-6,8-9,11-14,22,26-31,45H,7,10,15-21,39H2,1-3H3,(H,40,48)(H,41,49)(H,42,50)(H,43,51)(H,46,47)(H,53,54)/t26-,27-,28-,29-,30-,31-/m0/s1. The molecule has 1 fully saturated rings. The van der Waals surface area contributed by atoms with E-state index in [-0.39, 0.29) is 43.9 Å². The van der Waals surface area contributed by atoms with Crippen LogP contribution in [0.5, 0.6) is 5.75 Å². The molecule has 2 aromatic rings. The predicted octanol–water partition coefficient (Wildman–Crippen LogP) is 0.793. The maximum absolute atomic E-state index is 14.2. The Labute approximate surface area is 324 Å². The van der Waals surface area contributed by atoms with Gasteiger partial charge in [-0.3, -0.25) is 28.8 Å². The molecule has 6 atom stereocenters. The smallest absolute Gasteiger partial charge is 0.326 e. The van der Waals surface area contributed by atoms with Crippen LogP contribution in [0, 0.1) is 5.92 Å². The number of aromatic hydroxyl groups is 1. The van der Waals surface area contributed by atoms with Crippen molar-refractivity contribution in [2.24, 2.45) is 11.7 Å². The number of thioether (sulfide) groups is 1. The molecule has 0 bridgehead atoms. The summed E-state index contributed by atoms with van der Waals surface area (Å²) in [6, 6.07) is 7.74. The summed E-state index contributed by atoms with van der Waals surface area (Å²) < 4.78 is 0. The fourth-order valence-corrected chi connectivity index (χ4v) is 6.66. The number of nitrogens with one attached hydrogen (secondary N) is 4. The average molecular weight is 785 g/mol. The van der Waals surface area contributed by atoms with Crippen LogP contribution < -0.4 is 27.0 Å². The van der Waals surface area contributed by atoms with Crippen LogP contribution in [0.1, 0.15) is 57.1 Å². The summed E-state index contributed by atoms with van der Waals surface area (Å²) in [6.45, 7) is 3.80. The van der Waals surface area contributed by atoms with Crippen LogP contribution in [0.2, 0.25) is 0 Å². The van der Waals surface area contributed by atoms with Crippen LogP contribution >= 0.6 is 11.8 Å². The monoisotopic (exact) mass is 784 g/mol. The molecule has 0 aromatic heterocycles. The fraction of sp³-hybridized carbons (Fsp3) is 0.500. The summed E-state index contributed by atoms with van der Waals surface area (Å²) in [6.07, 6.45) is 2.17. The van der Waals surface area contributed by atoms with Crippen LogP contribution in [0.3, 0.4) is 0 Å². The van der Waals surface area contributed by atoms with Gasteiger partial charge in [-0.25, -0.2) is 4.79 Å². The summed E-state index contributed by atoms with van der Waals surface area (Å²) in [5.41, 5.74) is 7.42. The van der Waals surface area contributed by atoms with Crippen molar-refractivity contribution in [1.82, 2.24) is 26.2 Å². The zero-order valence-corrected chi connectivity index (χ0v) is 32.1. The first-order valence-corrected chi connectivity index (χ1v) is 19.5. The lowest BCUT2D eigenvalue weighted by molar-refractivity contribution is -0.148. The molecule has 300 valence electrons. The number of nitrogens with two attached hydrogens (primary N) is 1. The quantitative estimate of drug-likeness (QED) is 0.0875. The number of nitrogens with zero attached hydrogens (tertiary/aromatic N) is 1. The lowest BCUT2D eigenvalue weighted by Gasteiger charge is -2.31. The minimum Gasteiger partial charge on any atom is -0.508 e. The second-order valence-corrected chi connectivity index (χ2v) is 14.9. The second-order valence-electron chi connectivity index (χ2n) is 13.9. The maximum Gasteiger partial charge on any atom is 0.326 e. The van der Waals surface area contributed by atoms with Gasteiger partial charge in [-0.05, 0) is 66.9 Å². The molecular formula is C38H52N6O10S. The Balaban J connectivity index is 1.89. The number of amides is 5. The first-order chi connectivity index (χ1) is 26.1. The summed E-state index contributed by atoms with van der Waals surface area (Å²) in [5, 5.41) is 38.9. The van der Waals surface area contributed by atoms with Crippen molar-refractivity contribution in [3.63, 3.8) is 0 Å². The van der Waals surface area contributed by atoms with E-state index in [0.29, 0.717) is 24.2 Å². The highest BCUT2D eigenvalue weighted by Gasteiger charge is 2.40. The lowest BCUT2D eigenvalue weighted by atomic mass is 9.99. The summed E-state index contributed by atoms with van der Waals surface area (Å²) in [7, 11) is 0. The molecule has 3 rings (SSSR count). The molecule has 1 heterocycles. The number of likely N-dealkylation sites (tertiary alicyclic amines) is 1. The van der Waals surface area contributed by atoms with E-state index in [1.165, 1.54) is 28.8 Å². The SMILES string of the molecule is CSCC[C@H](N)C(=O)N[C@@H](Cc1ccccc1)C(=O)N[C@@H](Cc1ccc(O)cc1)C(=O)N[C@@H](CC(C)C)C(=O)N1CCC[C@H]1C(=O)N[C@@H](CC(=O)O)C(=O)O. The van der Waals surface area contributed by atoms with Gasteiger partial charge in [0.05, 0.1) is 12.5 Å². The molecule has 55 heavy (non-hydrogen) atoms. The van der Waals surface area contributed by atoms with Crippen LogP contribution in [0.25, 0.3) is 0 Å². The number of carboxylic acid groups (broad SMARTS) is 2. The third-order valence-corrected chi connectivity index (χ3v) is 9.69. The topological polar surface area (TPSA) is 258 Å². The minimum atomic E-state index is -1.71. The number of rotatable bonds is 21. The zero-order valence-electron chi connectivity index (χ0n) is 31.2. The molecule has 1 saturated heterocycles. The number of carbonyl (C=O) groups is 7. The van der Waals surface area contributed by atoms with Crippen molar-refractivity contribution < 1.29 is 48.9 Å².